The fraction of sp³-hybridized carbons (Fsp3) is 0.588. The van der Waals surface area contributed by atoms with Crippen LogP contribution in [0.5, 0.6) is 0 Å². The second-order valence-electron chi connectivity index (χ2n) is 6.56. The van der Waals surface area contributed by atoms with Crippen LogP contribution in [-0.2, 0) is 9.47 Å². The lowest BCUT2D eigenvalue weighted by atomic mass is 10.1. The average Bonchev–Trinajstić information content (AvgIpc) is 2.46. The minimum atomic E-state index is -0.482. The van der Waals surface area contributed by atoms with Crippen molar-refractivity contribution in [1.82, 2.24) is 5.32 Å². The predicted octanol–water partition coefficient (Wildman–Crippen LogP) is 3.11. The molecule has 1 saturated heterocycles. The Morgan fingerprint density at radius 3 is 2.36 bits per heavy atom. The third kappa shape index (κ3) is 4.91. The first kappa shape index (κ1) is 16.6. The Labute approximate surface area is 132 Å². The van der Waals surface area contributed by atoms with Crippen molar-refractivity contribution in [2.75, 3.05) is 31.2 Å². The van der Waals surface area contributed by atoms with E-state index < -0.39 is 11.7 Å². The predicted molar refractivity (Wildman–Crippen MR) is 87.3 cm³/mol. The molecule has 1 aromatic carbocycles. The molecule has 5 nitrogen and oxygen atoms in total. The lowest BCUT2D eigenvalue weighted by Gasteiger charge is -2.29. The van der Waals surface area contributed by atoms with Gasteiger partial charge in [-0.05, 0) is 45.4 Å². The van der Waals surface area contributed by atoms with E-state index in [9.17, 15) is 4.79 Å². The number of benzene rings is 1. The van der Waals surface area contributed by atoms with Crippen molar-refractivity contribution in [3.8, 4) is 0 Å². The molecule has 0 aliphatic carbocycles. The van der Waals surface area contributed by atoms with Crippen molar-refractivity contribution in [3.05, 3.63) is 29.8 Å². The Balaban J connectivity index is 1.93. The molecular weight excluding hydrogens is 280 g/mol. The number of carbonyl (C=O) groups excluding carboxylic acids is 1. The standard InChI is InChI=1S/C17H26N2O3/c1-13(18-16(20)22-17(2,3)4)14-5-7-15(8-6-14)19-9-11-21-12-10-19/h5-8,13H,9-12H2,1-4H3,(H,18,20). The van der Waals surface area contributed by atoms with Crippen molar-refractivity contribution in [3.63, 3.8) is 0 Å². The highest BCUT2D eigenvalue weighted by Crippen LogP contribution is 2.20. The Kier molecular flexibility index (Phi) is 5.29. The summed E-state index contributed by atoms with van der Waals surface area (Å²) in [4.78, 5) is 14.1. The number of nitrogens with zero attached hydrogens (tertiary/aromatic N) is 1. The van der Waals surface area contributed by atoms with Crippen LogP contribution in [0.1, 0.15) is 39.3 Å². The monoisotopic (exact) mass is 306 g/mol. The van der Waals surface area contributed by atoms with Gasteiger partial charge in [0, 0.05) is 18.8 Å². The summed E-state index contributed by atoms with van der Waals surface area (Å²) in [5, 5.41) is 2.86. The van der Waals surface area contributed by atoms with Gasteiger partial charge in [-0.15, -0.1) is 0 Å². The largest absolute Gasteiger partial charge is 0.444 e. The summed E-state index contributed by atoms with van der Waals surface area (Å²) in [7, 11) is 0. The van der Waals surface area contributed by atoms with Crippen LogP contribution in [0.25, 0.3) is 0 Å². The Bertz CT molecular complexity index is 488. The van der Waals surface area contributed by atoms with Crippen molar-refractivity contribution in [1.29, 1.82) is 0 Å². The summed E-state index contributed by atoms with van der Waals surface area (Å²) >= 11 is 0. The molecule has 0 spiro atoms. The van der Waals surface area contributed by atoms with Crippen LogP contribution in [0, 0.1) is 0 Å². The van der Waals surface area contributed by atoms with Crippen LogP contribution in [0.4, 0.5) is 10.5 Å². The molecule has 1 aliphatic rings. The topological polar surface area (TPSA) is 50.8 Å². The number of carbonyl (C=O) groups is 1. The maximum atomic E-state index is 11.8. The second kappa shape index (κ2) is 7.01. The van der Waals surface area contributed by atoms with E-state index in [-0.39, 0.29) is 6.04 Å². The molecule has 1 unspecified atom stereocenters. The molecule has 2 rings (SSSR count). The Morgan fingerprint density at radius 1 is 1.23 bits per heavy atom. The SMILES string of the molecule is CC(NC(=O)OC(C)(C)C)c1ccc(N2CCOCC2)cc1. The highest BCUT2D eigenvalue weighted by Gasteiger charge is 2.18. The van der Waals surface area contributed by atoms with Crippen LogP contribution in [0.3, 0.4) is 0 Å². The first-order valence-corrected chi connectivity index (χ1v) is 7.77. The third-order valence-corrected chi connectivity index (χ3v) is 3.50. The normalized spacial score (nSPS) is 17.0. The molecule has 0 radical (unpaired) electrons. The molecule has 0 bridgehead atoms. The van der Waals surface area contributed by atoms with E-state index >= 15 is 0 Å². The van der Waals surface area contributed by atoms with Gasteiger partial charge < -0.3 is 19.7 Å². The van der Waals surface area contributed by atoms with Crippen LogP contribution in [0.2, 0.25) is 0 Å². The number of anilines is 1. The van der Waals surface area contributed by atoms with Crippen molar-refractivity contribution >= 4 is 11.8 Å². The molecule has 1 fully saturated rings. The van der Waals surface area contributed by atoms with Crippen molar-refractivity contribution in [2.24, 2.45) is 0 Å². The van der Waals surface area contributed by atoms with Crippen LogP contribution < -0.4 is 10.2 Å². The smallest absolute Gasteiger partial charge is 0.408 e. The van der Waals surface area contributed by atoms with Gasteiger partial charge in [-0.25, -0.2) is 4.79 Å². The summed E-state index contributed by atoms with van der Waals surface area (Å²) in [5.74, 6) is 0. The van der Waals surface area contributed by atoms with Gasteiger partial charge in [-0.2, -0.15) is 0 Å². The van der Waals surface area contributed by atoms with Gasteiger partial charge in [0.1, 0.15) is 5.60 Å². The number of hydrogen-bond donors (Lipinski definition) is 1. The molecule has 0 saturated carbocycles. The van der Waals surface area contributed by atoms with Gasteiger partial charge >= 0.3 is 6.09 Å². The van der Waals surface area contributed by atoms with Gasteiger partial charge in [-0.1, -0.05) is 12.1 Å². The number of morpholine rings is 1. The van der Waals surface area contributed by atoms with Crippen molar-refractivity contribution < 1.29 is 14.3 Å². The second-order valence-corrected chi connectivity index (χ2v) is 6.56. The fourth-order valence-corrected chi connectivity index (χ4v) is 2.36. The minimum absolute atomic E-state index is 0.0893. The first-order chi connectivity index (χ1) is 10.3. The third-order valence-electron chi connectivity index (χ3n) is 3.50. The number of amides is 1. The highest BCUT2D eigenvalue weighted by atomic mass is 16.6. The molecule has 122 valence electrons. The van der Waals surface area contributed by atoms with Gasteiger partial charge in [0.05, 0.1) is 19.3 Å². The van der Waals surface area contributed by atoms with E-state index in [0.29, 0.717) is 0 Å². The number of ether oxygens (including phenoxy) is 2. The fourth-order valence-electron chi connectivity index (χ4n) is 2.36. The van der Waals surface area contributed by atoms with Crippen molar-refractivity contribution in [2.45, 2.75) is 39.3 Å². The van der Waals surface area contributed by atoms with Crippen LogP contribution >= 0.6 is 0 Å². The quantitative estimate of drug-likeness (QED) is 0.932. The van der Waals surface area contributed by atoms with Gasteiger partial charge in [0.2, 0.25) is 0 Å². The zero-order chi connectivity index (χ0) is 16.2. The Morgan fingerprint density at radius 2 is 1.82 bits per heavy atom. The highest BCUT2D eigenvalue weighted by molar-refractivity contribution is 5.68. The molecule has 1 atom stereocenters. The summed E-state index contributed by atoms with van der Waals surface area (Å²) in [6.07, 6.45) is -0.391. The summed E-state index contributed by atoms with van der Waals surface area (Å²) in [6, 6.07) is 8.19. The molecule has 1 amide bonds. The maximum absolute atomic E-state index is 11.8. The molecule has 0 aromatic heterocycles. The number of nitrogens with one attached hydrogen (secondary N) is 1. The lowest BCUT2D eigenvalue weighted by Crippen LogP contribution is -2.36. The molecule has 5 heteroatoms. The van der Waals surface area contributed by atoms with Gasteiger partial charge in [0.15, 0.2) is 0 Å². The average molecular weight is 306 g/mol. The van der Waals surface area contributed by atoms with E-state index in [4.69, 9.17) is 9.47 Å². The molecule has 22 heavy (non-hydrogen) atoms. The van der Waals surface area contributed by atoms with Gasteiger partial charge in [-0.3, -0.25) is 0 Å². The van der Waals surface area contributed by atoms with Gasteiger partial charge in [0.25, 0.3) is 0 Å². The molecule has 1 aliphatic heterocycles. The number of rotatable bonds is 3. The summed E-state index contributed by atoms with van der Waals surface area (Å²) in [6.45, 7) is 10.9. The minimum Gasteiger partial charge on any atom is -0.444 e. The first-order valence-electron chi connectivity index (χ1n) is 7.77. The zero-order valence-electron chi connectivity index (χ0n) is 13.9. The number of hydrogen-bond acceptors (Lipinski definition) is 4. The molecule has 1 N–H and O–H groups in total. The zero-order valence-corrected chi connectivity index (χ0v) is 13.9. The lowest BCUT2D eigenvalue weighted by molar-refractivity contribution is 0.0508. The molecular formula is C17H26N2O3. The molecule has 1 aromatic rings. The molecule has 1 heterocycles. The van der Waals surface area contributed by atoms with E-state index in [0.717, 1.165) is 31.9 Å². The summed E-state index contributed by atoms with van der Waals surface area (Å²) < 4.78 is 10.6. The van der Waals surface area contributed by atoms with E-state index in [1.54, 1.807) is 0 Å². The van der Waals surface area contributed by atoms with E-state index in [1.807, 2.05) is 39.8 Å². The van der Waals surface area contributed by atoms with E-state index in [1.165, 1.54) is 5.69 Å². The maximum Gasteiger partial charge on any atom is 0.408 e. The Hall–Kier alpha value is -1.75. The van der Waals surface area contributed by atoms with Crippen LogP contribution in [0.15, 0.2) is 24.3 Å². The van der Waals surface area contributed by atoms with E-state index in [2.05, 4.69) is 22.3 Å². The van der Waals surface area contributed by atoms with Crippen LogP contribution in [-0.4, -0.2) is 38.0 Å². The summed E-state index contributed by atoms with van der Waals surface area (Å²) in [5.41, 5.74) is 1.77. The number of alkyl carbamates (subject to hydrolysis) is 1.